The molecule has 0 fully saturated rings. The molecule has 0 aromatic heterocycles. The zero-order valence-electron chi connectivity index (χ0n) is 16.2. The van der Waals surface area contributed by atoms with Crippen LogP contribution in [0.1, 0.15) is 42.2 Å². The minimum Gasteiger partial charge on any atom is -0.347 e. The Morgan fingerprint density at radius 3 is 2.38 bits per heavy atom. The molecule has 0 radical (unpaired) electrons. The van der Waals surface area contributed by atoms with Crippen LogP contribution in [0.3, 0.4) is 0 Å². The number of fused-ring (bicyclic) bond motifs is 1. The first-order chi connectivity index (χ1) is 13.7. The summed E-state index contributed by atoms with van der Waals surface area (Å²) in [6.07, 6.45) is 0.302. The first kappa shape index (κ1) is 21.5. The highest BCUT2D eigenvalue weighted by Crippen LogP contribution is 2.32. The minimum absolute atomic E-state index is 0.0213. The van der Waals surface area contributed by atoms with Crippen molar-refractivity contribution in [3.8, 4) is 0 Å². The van der Waals surface area contributed by atoms with E-state index < -0.39 is 21.9 Å². The zero-order valence-corrected chi connectivity index (χ0v) is 18.6. The van der Waals surface area contributed by atoms with Crippen LogP contribution < -0.4 is 10.6 Å². The highest BCUT2D eigenvalue weighted by atomic mass is 79.9. The molecule has 1 aliphatic rings. The molecule has 154 valence electrons. The van der Waals surface area contributed by atoms with Gasteiger partial charge in [0, 0.05) is 10.0 Å². The van der Waals surface area contributed by atoms with Crippen molar-refractivity contribution >= 4 is 37.6 Å². The van der Waals surface area contributed by atoms with Crippen LogP contribution in [0.25, 0.3) is 0 Å². The number of halogens is 1. The van der Waals surface area contributed by atoms with Gasteiger partial charge in [0.1, 0.15) is 6.04 Å². The highest BCUT2D eigenvalue weighted by Gasteiger charge is 2.33. The van der Waals surface area contributed by atoms with Crippen molar-refractivity contribution in [3.05, 3.63) is 64.1 Å². The topological polar surface area (TPSA) is 92.3 Å². The van der Waals surface area contributed by atoms with Gasteiger partial charge in [0.15, 0.2) is 9.84 Å². The predicted octanol–water partition coefficient (Wildman–Crippen LogP) is 3.24. The van der Waals surface area contributed by atoms with Gasteiger partial charge in [-0.25, -0.2) is 8.42 Å². The molecular formula is C21H23BrN2O4S. The van der Waals surface area contributed by atoms with Crippen molar-refractivity contribution in [2.75, 3.05) is 5.75 Å². The molecule has 0 saturated carbocycles. The second-order valence-electron chi connectivity index (χ2n) is 7.41. The van der Waals surface area contributed by atoms with E-state index in [9.17, 15) is 18.0 Å². The number of amides is 2. The number of carbonyl (C=O) groups excluding carboxylic acids is 2. The molecule has 0 saturated heterocycles. The summed E-state index contributed by atoms with van der Waals surface area (Å²) in [5, 5.41) is 5.73. The Morgan fingerprint density at radius 1 is 1.07 bits per heavy atom. The molecule has 3 rings (SSSR count). The number of hydrogen-bond donors (Lipinski definition) is 2. The number of benzene rings is 2. The molecule has 8 heteroatoms. The van der Waals surface area contributed by atoms with Crippen molar-refractivity contribution < 1.29 is 18.0 Å². The molecule has 6 nitrogen and oxygen atoms in total. The van der Waals surface area contributed by atoms with Gasteiger partial charge in [-0.2, -0.15) is 0 Å². The monoisotopic (exact) mass is 478 g/mol. The average molecular weight is 479 g/mol. The Balaban J connectivity index is 1.77. The Bertz CT molecular complexity index is 1020. The molecule has 0 bridgehead atoms. The standard InChI is InChI=1S/C21H23BrN2O4S/c1-13(2)19(24-20(25)14-7-9-15(22)10-8-14)21(26)23-17-11-12-29(27,28)18-6-4-3-5-16(17)18/h3-10,13,17,19H,11-12H2,1-2H3,(H,23,26)(H,24,25)/t17?,19-/m1/s1. The van der Waals surface area contributed by atoms with Crippen molar-refractivity contribution in [1.29, 1.82) is 0 Å². The van der Waals surface area contributed by atoms with Crippen molar-refractivity contribution in [2.45, 2.75) is 37.2 Å². The molecule has 1 unspecified atom stereocenters. The third kappa shape index (κ3) is 4.87. The van der Waals surface area contributed by atoms with Crippen LogP contribution in [-0.2, 0) is 14.6 Å². The van der Waals surface area contributed by atoms with Crippen molar-refractivity contribution in [3.63, 3.8) is 0 Å². The third-order valence-corrected chi connectivity index (χ3v) is 7.31. The Kier molecular flexibility index (Phi) is 6.43. The number of rotatable bonds is 5. The van der Waals surface area contributed by atoms with Gasteiger partial charge < -0.3 is 10.6 Å². The Labute approximate surface area is 179 Å². The molecule has 1 heterocycles. The number of hydrogen-bond acceptors (Lipinski definition) is 4. The Hall–Kier alpha value is -2.19. The van der Waals surface area contributed by atoms with Gasteiger partial charge in [-0.05, 0) is 48.2 Å². The number of nitrogens with one attached hydrogen (secondary N) is 2. The molecule has 2 N–H and O–H groups in total. The normalized spacial score (nSPS) is 18.6. The smallest absolute Gasteiger partial charge is 0.251 e. The predicted molar refractivity (Wildman–Crippen MR) is 114 cm³/mol. The molecule has 2 atom stereocenters. The molecule has 29 heavy (non-hydrogen) atoms. The van der Waals surface area contributed by atoms with Crippen LogP contribution in [-0.4, -0.2) is 32.0 Å². The van der Waals surface area contributed by atoms with E-state index in [0.717, 1.165) is 4.47 Å². The second kappa shape index (κ2) is 8.67. The Morgan fingerprint density at radius 2 is 1.72 bits per heavy atom. The SMILES string of the molecule is CC(C)[C@@H](NC(=O)c1ccc(Br)cc1)C(=O)NC1CCS(=O)(=O)c2ccccc21. The van der Waals surface area contributed by atoms with Crippen LogP contribution in [0, 0.1) is 5.92 Å². The van der Waals surface area contributed by atoms with E-state index in [0.29, 0.717) is 17.5 Å². The summed E-state index contributed by atoms with van der Waals surface area (Å²) in [5.41, 5.74) is 1.05. The fourth-order valence-electron chi connectivity index (χ4n) is 3.36. The van der Waals surface area contributed by atoms with Gasteiger partial charge in [-0.3, -0.25) is 9.59 Å². The number of carbonyl (C=O) groups is 2. The molecule has 2 amide bonds. The summed E-state index contributed by atoms with van der Waals surface area (Å²) in [6.45, 7) is 3.71. The summed E-state index contributed by atoms with van der Waals surface area (Å²) >= 11 is 3.33. The summed E-state index contributed by atoms with van der Waals surface area (Å²) in [7, 11) is -3.33. The fraction of sp³-hybridized carbons (Fsp3) is 0.333. The molecule has 2 aromatic carbocycles. The first-order valence-electron chi connectivity index (χ1n) is 9.37. The van der Waals surface area contributed by atoms with Gasteiger partial charge in [-0.1, -0.05) is 48.0 Å². The quantitative estimate of drug-likeness (QED) is 0.689. The van der Waals surface area contributed by atoms with E-state index in [1.807, 2.05) is 13.8 Å². The summed E-state index contributed by atoms with van der Waals surface area (Å²) in [5.74, 6) is -0.827. The van der Waals surface area contributed by atoms with Gasteiger partial charge in [0.2, 0.25) is 5.91 Å². The average Bonchev–Trinajstić information content (AvgIpc) is 2.68. The molecule has 1 aliphatic heterocycles. The lowest BCUT2D eigenvalue weighted by atomic mass is 9.99. The van der Waals surface area contributed by atoms with E-state index in [2.05, 4.69) is 26.6 Å². The van der Waals surface area contributed by atoms with Crippen LogP contribution >= 0.6 is 15.9 Å². The van der Waals surface area contributed by atoms with Crippen LogP contribution in [0.4, 0.5) is 0 Å². The lowest BCUT2D eigenvalue weighted by Crippen LogP contribution is -2.51. The summed E-state index contributed by atoms with van der Waals surface area (Å²) in [4.78, 5) is 25.8. The molecule has 2 aromatic rings. The maximum atomic E-state index is 13.0. The van der Waals surface area contributed by atoms with Gasteiger partial charge in [0.05, 0.1) is 16.7 Å². The van der Waals surface area contributed by atoms with E-state index in [-0.39, 0.29) is 28.4 Å². The highest BCUT2D eigenvalue weighted by molar-refractivity contribution is 9.10. The second-order valence-corrected chi connectivity index (χ2v) is 10.4. The summed E-state index contributed by atoms with van der Waals surface area (Å²) < 4.78 is 25.5. The van der Waals surface area contributed by atoms with Gasteiger partial charge in [-0.15, -0.1) is 0 Å². The summed E-state index contributed by atoms with van der Waals surface area (Å²) in [6, 6.07) is 12.5. The zero-order chi connectivity index (χ0) is 21.2. The lowest BCUT2D eigenvalue weighted by molar-refractivity contribution is -0.124. The van der Waals surface area contributed by atoms with Crippen LogP contribution in [0.15, 0.2) is 57.9 Å². The third-order valence-electron chi connectivity index (χ3n) is 4.96. The largest absolute Gasteiger partial charge is 0.347 e. The van der Waals surface area contributed by atoms with E-state index in [1.165, 1.54) is 0 Å². The first-order valence-corrected chi connectivity index (χ1v) is 11.8. The minimum atomic E-state index is -3.33. The van der Waals surface area contributed by atoms with E-state index in [1.54, 1.807) is 48.5 Å². The van der Waals surface area contributed by atoms with E-state index >= 15 is 0 Å². The molecule has 0 spiro atoms. The van der Waals surface area contributed by atoms with Crippen LogP contribution in [0.5, 0.6) is 0 Å². The van der Waals surface area contributed by atoms with E-state index in [4.69, 9.17) is 0 Å². The van der Waals surface area contributed by atoms with Crippen molar-refractivity contribution in [2.24, 2.45) is 5.92 Å². The lowest BCUT2D eigenvalue weighted by Gasteiger charge is -2.29. The van der Waals surface area contributed by atoms with Crippen molar-refractivity contribution in [1.82, 2.24) is 10.6 Å². The maximum absolute atomic E-state index is 13.0. The van der Waals surface area contributed by atoms with Gasteiger partial charge in [0.25, 0.3) is 5.91 Å². The fourth-order valence-corrected chi connectivity index (χ4v) is 5.25. The molecule has 0 aliphatic carbocycles. The number of sulfone groups is 1. The maximum Gasteiger partial charge on any atom is 0.251 e. The van der Waals surface area contributed by atoms with Crippen LogP contribution in [0.2, 0.25) is 0 Å². The van der Waals surface area contributed by atoms with Gasteiger partial charge >= 0.3 is 0 Å². The molecular weight excluding hydrogens is 456 g/mol.